The normalized spacial score (nSPS) is 22.9. The number of fused-ring (bicyclic) bond motifs is 3. The van der Waals surface area contributed by atoms with Crippen LogP contribution >= 0.6 is 0 Å². The molecule has 3 amide bonds. The number of carbonyl (C=O) groups is 2. The van der Waals surface area contributed by atoms with E-state index in [-0.39, 0.29) is 30.1 Å². The first kappa shape index (κ1) is 22.7. The van der Waals surface area contributed by atoms with E-state index in [9.17, 15) is 9.59 Å². The summed E-state index contributed by atoms with van der Waals surface area (Å²) >= 11 is 0. The summed E-state index contributed by atoms with van der Waals surface area (Å²) in [6.45, 7) is 6.71. The summed E-state index contributed by atoms with van der Waals surface area (Å²) in [6.07, 6.45) is 2.56. The van der Waals surface area contributed by atoms with Gasteiger partial charge < -0.3 is 19.1 Å². The lowest BCUT2D eigenvalue weighted by Gasteiger charge is -2.35. The molecule has 0 N–H and O–H groups in total. The van der Waals surface area contributed by atoms with Gasteiger partial charge in [0.15, 0.2) is 5.76 Å². The molecular weight excluding hydrogens is 436 g/mol. The molecular formula is C25H32N4O5. The van der Waals surface area contributed by atoms with Crippen molar-refractivity contribution in [1.82, 2.24) is 20.0 Å². The van der Waals surface area contributed by atoms with E-state index in [2.05, 4.69) is 5.16 Å². The number of rotatable bonds is 6. The summed E-state index contributed by atoms with van der Waals surface area (Å²) in [5.74, 6) is 0.555. The van der Waals surface area contributed by atoms with Gasteiger partial charge in [0, 0.05) is 19.7 Å². The van der Waals surface area contributed by atoms with Gasteiger partial charge in [-0.15, -0.1) is 0 Å². The van der Waals surface area contributed by atoms with Crippen LogP contribution < -0.4 is 0 Å². The number of hydrogen-bond acceptors (Lipinski definition) is 6. The predicted molar refractivity (Wildman–Crippen MR) is 122 cm³/mol. The quantitative estimate of drug-likeness (QED) is 0.620. The Morgan fingerprint density at radius 1 is 1.26 bits per heavy atom. The topological polar surface area (TPSA) is 88.4 Å². The third-order valence-electron chi connectivity index (χ3n) is 6.89. The lowest BCUT2D eigenvalue weighted by atomic mass is 9.84. The van der Waals surface area contributed by atoms with Gasteiger partial charge >= 0.3 is 12.1 Å². The molecule has 0 radical (unpaired) electrons. The number of carbonyl (C=O) groups excluding carboxylic acids is 2. The minimum Gasteiger partial charge on any atom is -0.444 e. The minimum absolute atomic E-state index is 0.0598. The number of ether oxygens (including phenoxy) is 1. The Bertz CT molecular complexity index is 1060. The number of piperidine rings is 1. The third kappa shape index (κ3) is 4.36. The first-order chi connectivity index (χ1) is 16.2. The van der Waals surface area contributed by atoms with Crippen LogP contribution in [0, 0.1) is 5.41 Å². The maximum atomic E-state index is 13.3. The van der Waals surface area contributed by atoms with Crippen LogP contribution in [0.4, 0.5) is 9.59 Å². The van der Waals surface area contributed by atoms with Gasteiger partial charge in [-0.05, 0) is 51.0 Å². The maximum absolute atomic E-state index is 13.3. The van der Waals surface area contributed by atoms with Crippen molar-refractivity contribution in [1.29, 1.82) is 0 Å². The molecule has 0 unspecified atom stereocenters. The SMILES string of the molecule is CN(Cc1cc([C@@H]2CC3(CC3)[C@@H]3CN2C(=O)N3OCc2ccccc2)no1)C(=O)OC(C)(C)C. The molecule has 5 rings (SSSR count). The van der Waals surface area contributed by atoms with Crippen molar-refractivity contribution < 1.29 is 23.7 Å². The largest absolute Gasteiger partial charge is 0.444 e. The average molecular weight is 469 g/mol. The molecule has 182 valence electrons. The lowest BCUT2D eigenvalue weighted by molar-refractivity contribution is -0.153. The molecule has 2 atom stereocenters. The zero-order valence-electron chi connectivity index (χ0n) is 20.2. The van der Waals surface area contributed by atoms with Gasteiger partial charge in [-0.2, -0.15) is 5.06 Å². The van der Waals surface area contributed by atoms with Crippen molar-refractivity contribution in [2.24, 2.45) is 5.41 Å². The van der Waals surface area contributed by atoms with Crippen molar-refractivity contribution in [2.75, 3.05) is 13.6 Å². The highest BCUT2D eigenvalue weighted by atomic mass is 16.7. The number of nitrogens with zero attached hydrogens (tertiary/aromatic N) is 4. The van der Waals surface area contributed by atoms with Crippen LogP contribution in [-0.2, 0) is 22.7 Å². The molecule has 1 aromatic heterocycles. The van der Waals surface area contributed by atoms with Gasteiger partial charge in [-0.3, -0.25) is 4.84 Å². The fraction of sp³-hybridized carbons (Fsp3) is 0.560. The Morgan fingerprint density at radius 2 is 2.00 bits per heavy atom. The fourth-order valence-electron chi connectivity index (χ4n) is 4.96. The summed E-state index contributed by atoms with van der Waals surface area (Å²) in [4.78, 5) is 34.9. The van der Waals surface area contributed by atoms with Crippen LogP contribution in [0.15, 0.2) is 40.9 Å². The molecule has 2 saturated heterocycles. The highest BCUT2D eigenvalue weighted by Gasteiger charge is 2.63. The first-order valence-electron chi connectivity index (χ1n) is 11.8. The van der Waals surface area contributed by atoms with E-state index in [1.165, 1.54) is 4.90 Å². The van der Waals surface area contributed by atoms with E-state index in [4.69, 9.17) is 14.1 Å². The second-order valence-electron chi connectivity index (χ2n) is 10.7. The summed E-state index contributed by atoms with van der Waals surface area (Å²) in [6, 6.07) is 11.5. The Balaban J connectivity index is 1.27. The Kier molecular flexibility index (Phi) is 5.55. The number of amides is 3. The minimum atomic E-state index is -0.570. The number of hydroxylamine groups is 2. The van der Waals surface area contributed by atoms with Gasteiger partial charge in [-0.25, -0.2) is 9.59 Å². The molecule has 3 fully saturated rings. The summed E-state index contributed by atoms with van der Waals surface area (Å²) in [5, 5.41) is 5.88. The molecule has 3 heterocycles. The van der Waals surface area contributed by atoms with Crippen LogP contribution in [0.1, 0.15) is 63.1 Å². The van der Waals surface area contributed by atoms with E-state index in [1.807, 2.05) is 62.1 Å². The van der Waals surface area contributed by atoms with Crippen molar-refractivity contribution in [3.05, 3.63) is 53.4 Å². The van der Waals surface area contributed by atoms with Crippen LogP contribution in [0.3, 0.4) is 0 Å². The molecule has 2 bridgehead atoms. The van der Waals surface area contributed by atoms with E-state index in [1.54, 1.807) is 12.1 Å². The van der Waals surface area contributed by atoms with E-state index < -0.39 is 11.7 Å². The second-order valence-corrected chi connectivity index (χ2v) is 10.7. The van der Waals surface area contributed by atoms with Crippen LogP contribution in [0.25, 0.3) is 0 Å². The molecule has 9 nitrogen and oxygen atoms in total. The molecule has 3 aliphatic rings. The summed E-state index contributed by atoms with van der Waals surface area (Å²) < 4.78 is 11.0. The molecule has 1 saturated carbocycles. The molecule has 1 aromatic carbocycles. The number of benzene rings is 1. The molecule has 2 aliphatic heterocycles. The number of hydrogen-bond donors (Lipinski definition) is 0. The Hall–Kier alpha value is -3.07. The summed E-state index contributed by atoms with van der Waals surface area (Å²) in [7, 11) is 1.66. The van der Waals surface area contributed by atoms with E-state index >= 15 is 0 Å². The van der Waals surface area contributed by atoms with Gasteiger partial charge in [0.1, 0.15) is 17.9 Å². The molecule has 2 aromatic rings. The van der Waals surface area contributed by atoms with Crippen molar-refractivity contribution in [3.63, 3.8) is 0 Å². The van der Waals surface area contributed by atoms with E-state index in [0.29, 0.717) is 18.9 Å². The maximum Gasteiger partial charge on any atom is 0.410 e. The Labute approximate surface area is 199 Å². The van der Waals surface area contributed by atoms with Gasteiger partial charge in [0.25, 0.3) is 0 Å². The van der Waals surface area contributed by atoms with Crippen LogP contribution in [-0.4, -0.2) is 57.4 Å². The third-order valence-corrected chi connectivity index (χ3v) is 6.89. The lowest BCUT2D eigenvalue weighted by Crippen LogP contribution is -2.42. The van der Waals surface area contributed by atoms with Crippen LogP contribution in [0.5, 0.6) is 0 Å². The first-order valence-corrected chi connectivity index (χ1v) is 11.8. The highest BCUT2D eigenvalue weighted by Crippen LogP contribution is 2.61. The zero-order valence-corrected chi connectivity index (χ0v) is 20.2. The zero-order chi connectivity index (χ0) is 24.1. The standard InChI is InChI=1S/C25H32N4O5/c1-24(2,3)33-23(31)27(4)14-18-12-19(26-34-18)20-13-25(10-11-25)21-15-28(20)22(30)29(21)32-16-17-8-6-5-7-9-17/h5-9,12,20-21H,10-11,13-16H2,1-4H3/t20-,21-/m0/s1. The fourth-order valence-corrected chi connectivity index (χ4v) is 4.96. The van der Waals surface area contributed by atoms with Crippen molar-refractivity contribution in [3.8, 4) is 0 Å². The van der Waals surface area contributed by atoms with Crippen LogP contribution in [0.2, 0.25) is 0 Å². The molecule has 9 heteroatoms. The molecule has 34 heavy (non-hydrogen) atoms. The molecule has 1 spiro atoms. The monoisotopic (exact) mass is 468 g/mol. The highest BCUT2D eigenvalue weighted by molar-refractivity contribution is 5.77. The predicted octanol–water partition coefficient (Wildman–Crippen LogP) is 4.50. The average Bonchev–Trinajstić information content (AvgIpc) is 3.28. The Morgan fingerprint density at radius 3 is 2.68 bits per heavy atom. The van der Waals surface area contributed by atoms with Gasteiger partial charge in [0.05, 0.1) is 18.6 Å². The van der Waals surface area contributed by atoms with Crippen molar-refractivity contribution in [2.45, 2.75) is 70.9 Å². The second kappa shape index (κ2) is 8.30. The number of urea groups is 1. The van der Waals surface area contributed by atoms with Crippen molar-refractivity contribution >= 4 is 12.1 Å². The molecule has 1 aliphatic carbocycles. The van der Waals surface area contributed by atoms with Gasteiger partial charge in [-0.1, -0.05) is 35.5 Å². The number of aromatic nitrogens is 1. The summed E-state index contributed by atoms with van der Waals surface area (Å²) in [5.41, 5.74) is 1.25. The smallest absolute Gasteiger partial charge is 0.410 e. The van der Waals surface area contributed by atoms with Gasteiger partial charge in [0.2, 0.25) is 0 Å². The van der Waals surface area contributed by atoms with E-state index in [0.717, 1.165) is 30.5 Å².